The van der Waals surface area contributed by atoms with Gasteiger partial charge in [-0.2, -0.15) is 0 Å². The molecule has 0 saturated carbocycles. The van der Waals surface area contributed by atoms with E-state index in [-0.39, 0.29) is 17.4 Å². The predicted molar refractivity (Wildman–Crippen MR) is 243 cm³/mol. The van der Waals surface area contributed by atoms with Gasteiger partial charge in [0.05, 0.1) is 28.6 Å². The summed E-state index contributed by atoms with van der Waals surface area (Å²) in [5.41, 5.74) is 25.0. The Morgan fingerprint density at radius 2 is 1.47 bits per heavy atom. The highest BCUT2D eigenvalue weighted by atomic mass is 15.3. The van der Waals surface area contributed by atoms with Crippen LogP contribution in [-0.4, -0.2) is 20.6 Å². The van der Waals surface area contributed by atoms with E-state index in [9.17, 15) is 0 Å². The number of anilines is 2. The van der Waals surface area contributed by atoms with Crippen molar-refractivity contribution in [2.75, 3.05) is 4.90 Å². The lowest BCUT2D eigenvalue weighted by molar-refractivity contribution is 0.349. The quantitative estimate of drug-likeness (QED) is 0.183. The monoisotopic (exact) mass is 765 g/mol. The molecule has 2 aromatic heterocycles. The van der Waals surface area contributed by atoms with Crippen LogP contribution in [0, 0.1) is 0 Å². The highest BCUT2D eigenvalue weighted by Crippen LogP contribution is 2.60. The minimum atomic E-state index is -0.325. The standard InChI is InChI=1S/C54H47N5/c1-54(2)42-30-16-19-33-45(42)59(53-56-43-31-17-14-28-40(43)50(57-53)36-22-8-4-9-23-36)52-48(54)46-41-29-15-18-32-44(41)58(38-25-10-5-11-26-38)51(46)47(49(52)55)39-27-13-12-24-37(39)34-35-20-6-3-7-21-35/h3-8,10-16,18-22,24-30,32-33,48,52H,9,17,23,31,34,55H2,1-2H3. The van der Waals surface area contributed by atoms with E-state index >= 15 is 0 Å². The molecule has 5 nitrogen and oxygen atoms in total. The van der Waals surface area contributed by atoms with Crippen LogP contribution in [0.1, 0.15) is 89.5 Å². The number of hydrogen-bond acceptors (Lipinski definition) is 4. The Labute approximate surface area is 346 Å². The molecule has 2 atom stereocenters. The van der Waals surface area contributed by atoms with Crippen LogP contribution >= 0.6 is 0 Å². The van der Waals surface area contributed by atoms with Crippen molar-refractivity contribution in [3.63, 3.8) is 0 Å². The van der Waals surface area contributed by atoms with Gasteiger partial charge in [0.1, 0.15) is 0 Å². The van der Waals surface area contributed by atoms with Gasteiger partial charge < -0.3 is 15.2 Å². The van der Waals surface area contributed by atoms with Gasteiger partial charge in [-0.15, -0.1) is 0 Å². The number of aromatic nitrogens is 3. The van der Waals surface area contributed by atoms with Gasteiger partial charge in [0.2, 0.25) is 5.95 Å². The molecule has 0 bridgehead atoms. The number of fused-ring (bicyclic) bond motifs is 7. The molecule has 11 rings (SSSR count). The smallest absolute Gasteiger partial charge is 0.231 e. The Kier molecular flexibility index (Phi) is 8.40. The van der Waals surface area contributed by atoms with Crippen LogP contribution in [0.2, 0.25) is 0 Å². The SMILES string of the molecule is CC1(C)c2ccccc2N(c2nc3c(c(C4=CC=CCC4)n2)C=CCC3)C2C(N)=C(c3ccccc3Cc3ccccc3)c3c(c4ccccc4n3-c3ccccc3)C21. The predicted octanol–water partition coefficient (Wildman–Crippen LogP) is 12.0. The zero-order chi connectivity index (χ0) is 39.7. The van der Waals surface area contributed by atoms with E-state index in [1.165, 1.54) is 44.4 Å². The molecule has 4 aliphatic rings. The lowest BCUT2D eigenvalue weighted by Gasteiger charge is -2.53. The minimum Gasteiger partial charge on any atom is -0.400 e. The summed E-state index contributed by atoms with van der Waals surface area (Å²) < 4.78 is 2.48. The van der Waals surface area contributed by atoms with Crippen LogP contribution < -0.4 is 10.6 Å². The van der Waals surface area contributed by atoms with Gasteiger partial charge in [-0.3, -0.25) is 0 Å². The van der Waals surface area contributed by atoms with E-state index in [1.807, 2.05) is 0 Å². The molecule has 7 aromatic rings. The fraction of sp³-hybridized carbons (Fsp3) is 0.185. The van der Waals surface area contributed by atoms with Gasteiger partial charge in [0.25, 0.3) is 0 Å². The third-order valence-corrected chi connectivity index (χ3v) is 13.2. The topological polar surface area (TPSA) is 60.0 Å². The van der Waals surface area contributed by atoms with Crippen LogP contribution in [0.5, 0.6) is 0 Å². The van der Waals surface area contributed by atoms with Crippen LogP contribution in [0.4, 0.5) is 11.6 Å². The molecule has 0 spiro atoms. The summed E-state index contributed by atoms with van der Waals surface area (Å²) in [6.45, 7) is 4.84. The number of rotatable bonds is 6. The number of benzene rings is 5. The summed E-state index contributed by atoms with van der Waals surface area (Å²) in [7, 11) is 0. The van der Waals surface area contributed by atoms with Crippen molar-refractivity contribution in [1.29, 1.82) is 0 Å². The molecule has 59 heavy (non-hydrogen) atoms. The van der Waals surface area contributed by atoms with Crippen molar-refractivity contribution in [2.45, 2.75) is 63.3 Å². The zero-order valence-electron chi connectivity index (χ0n) is 33.6. The second kappa shape index (κ2) is 14.0. The van der Waals surface area contributed by atoms with E-state index in [0.29, 0.717) is 0 Å². The van der Waals surface area contributed by atoms with Crippen LogP contribution in [0.3, 0.4) is 0 Å². The number of para-hydroxylation sites is 3. The zero-order valence-corrected chi connectivity index (χ0v) is 33.6. The second-order valence-electron chi connectivity index (χ2n) is 17.0. The molecule has 0 radical (unpaired) electrons. The maximum Gasteiger partial charge on any atom is 0.231 e. The average molecular weight is 766 g/mol. The summed E-state index contributed by atoms with van der Waals surface area (Å²) >= 11 is 0. The highest BCUT2D eigenvalue weighted by Gasteiger charge is 2.54. The van der Waals surface area contributed by atoms with Crippen LogP contribution in [0.25, 0.3) is 33.8 Å². The number of aryl methyl sites for hydroxylation is 1. The number of hydrogen-bond donors (Lipinski definition) is 1. The molecule has 3 aliphatic carbocycles. The molecule has 5 heteroatoms. The second-order valence-corrected chi connectivity index (χ2v) is 17.0. The molecule has 1 aliphatic heterocycles. The molecule has 0 amide bonds. The normalized spacial score (nSPS) is 18.9. The molecule has 5 aromatic carbocycles. The van der Waals surface area contributed by atoms with Crippen molar-refractivity contribution < 1.29 is 0 Å². The summed E-state index contributed by atoms with van der Waals surface area (Å²) in [5.74, 6) is 0.671. The Balaban J connectivity index is 1.26. The molecule has 3 heterocycles. The molecule has 2 N–H and O–H groups in total. The van der Waals surface area contributed by atoms with Gasteiger partial charge in [-0.1, -0.05) is 153 Å². The molecule has 2 unspecified atom stereocenters. The van der Waals surface area contributed by atoms with Gasteiger partial charge >= 0.3 is 0 Å². The fourth-order valence-corrected chi connectivity index (χ4v) is 10.6. The van der Waals surface area contributed by atoms with Crippen LogP contribution in [-0.2, 0) is 18.3 Å². The molecular formula is C54H47N5. The molecule has 0 saturated heterocycles. The van der Waals surface area contributed by atoms with E-state index < -0.39 is 0 Å². The molecule has 0 fully saturated rings. The lowest BCUT2D eigenvalue weighted by Crippen LogP contribution is -2.54. The summed E-state index contributed by atoms with van der Waals surface area (Å²) in [6.07, 6.45) is 15.8. The third-order valence-electron chi connectivity index (χ3n) is 13.2. The van der Waals surface area contributed by atoms with E-state index in [4.69, 9.17) is 15.7 Å². The highest BCUT2D eigenvalue weighted by molar-refractivity contribution is 6.00. The van der Waals surface area contributed by atoms with Gasteiger partial charge in [0.15, 0.2) is 0 Å². The maximum absolute atomic E-state index is 8.07. The first kappa shape index (κ1) is 35.4. The average Bonchev–Trinajstić information content (AvgIpc) is 3.62. The van der Waals surface area contributed by atoms with E-state index in [0.717, 1.165) is 83.2 Å². The Bertz CT molecular complexity index is 2910. The third kappa shape index (κ3) is 5.59. The Hall–Kier alpha value is -6.72. The molecular weight excluding hydrogens is 719 g/mol. The maximum atomic E-state index is 8.07. The van der Waals surface area contributed by atoms with Gasteiger partial charge in [-0.25, -0.2) is 9.97 Å². The van der Waals surface area contributed by atoms with Gasteiger partial charge in [-0.05, 0) is 89.8 Å². The first-order valence-corrected chi connectivity index (χ1v) is 21.1. The largest absolute Gasteiger partial charge is 0.400 e. The van der Waals surface area contributed by atoms with Crippen molar-refractivity contribution in [3.8, 4) is 5.69 Å². The van der Waals surface area contributed by atoms with E-state index in [1.54, 1.807) is 0 Å². The van der Waals surface area contributed by atoms with Crippen molar-refractivity contribution in [2.24, 2.45) is 5.73 Å². The summed E-state index contributed by atoms with van der Waals surface area (Å²) in [5, 5.41) is 1.25. The first-order chi connectivity index (χ1) is 29.0. The first-order valence-electron chi connectivity index (χ1n) is 21.1. The number of allylic oxidation sites excluding steroid dienone is 5. The van der Waals surface area contributed by atoms with E-state index in [2.05, 4.69) is 187 Å². The van der Waals surface area contributed by atoms with Crippen molar-refractivity contribution >= 4 is 39.8 Å². The Morgan fingerprint density at radius 1 is 0.746 bits per heavy atom. The Morgan fingerprint density at radius 3 is 2.31 bits per heavy atom. The minimum absolute atomic E-state index is 0.0490. The molecule has 288 valence electrons. The summed E-state index contributed by atoms with van der Waals surface area (Å²) in [6, 6.07) is 48.1. The summed E-state index contributed by atoms with van der Waals surface area (Å²) in [4.78, 5) is 13.6. The van der Waals surface area contributed by atoms with Gasteiger partial charge in [0, 0.05) is 44.9 Å². The van der Waals surface area contributed by atoms with Crippen molar-refractivity contribution in [3.05, 3.63) is 214 Å². The number of nitrogens with two attached hydrogens (primary N) is 1. The van der Waals surface area contributed by atoms with Crippen molar-refractivity contribution in [1.82, 2.24) is 14.5 Å². The number of nitrogens with zero attached hydrogens (tertiary/aromatic N) is 4. The lowest BCUT2D eigenvalue weighted by atomic mass is 9.60. The van der Waals surface area contributed by atoms with Crippen LogP contribution in [0.15, 0.2) is 163 Å². The fourth-order valence-electron chi connectivity index (χ4n) is 10.6.